The second-order valence-corrected chi connectivity index (χ2v) is 5.38. The van der Waals surface area contributed by atoms with Crippen LogP contribution < -0.4 is 11.1 Å². The highest BCUT2D eigenvalue weighted by molar-refractivity contribution is 5.69. The van der Waals surface area contributed by atoms with Gasteiger partial charge in [0.25, 0.3) is 0 Å². The Kier molecular flexibility index (Phi) is 4.54. The topological polar surface area (TPSA) is 71.2 Å². The SMILES string of the molecule is Nc1cccc(-c2cncc(N[C@@H](CO)c3ccccc3)c2)c1. The zero-order valence-corrected chi connectivity index (χ0v) is 12.7. The summed E-state index contributed by atoms with van der Waals surface area (Å²) in [4.78, 5) is 4.29. The quantitative estimate of drug-likeness (QED) is 0.631. The van der Waals surface area contributed by atoms with Gasteiger partial charge in [0.1, 0.15) is 0 Å². The smallest absolute Gasteiger partial charge is 0.0745 e. The monoisotopic (exact) mass is 305 g/mol. The molecule has 0 spiro atoms. The Balaban J connectivity index is 1.85. The summed E-state index contributed by atoms with van der Waals surface area (Å²) in [5.74, 6) is 0. The molecule has 116 valence electrons. The van der Waals surface area contributed by atoms with Crippen LogP contribution >= 0.6 is 0 Å². The fraction of sp³-hybridized carbons (Fsp3) is 0.105. The van der Waals surface area contributed by atoms with Crippen LogP contribution in [0.25, 0.3) is 11.1 Å². The molecule has 4 N–H and O–H groups in total. The maximum absolute atomic E-state index is 9.66. The lowest BCUT2D eigenvalue weighted by molar-refractivity contribution is 0.276. The third-order valence-electron chi connectivity index (χ3n) is 3.68. The predicted octanol–water partition coefficient (Wildman–Crippen LogP) is 3.48. The zero-order chi connectivity index (χ0) is 16.1. The highest BCUT2D eigenvalue weighted by Crippen LogP contribution is 2.25. The fourth-order valence-corrected chi connectivity index (χ4v) is 2.52. The Morgan fingerprint density at radius 1 is 0.957 bits per heavy atom. The van der Waals surface area contributed by atoms with Gasteiger partial charge in [0.2, 0.25) is 0 Å². The van der Waals surface area contributed by atoms with Gasteiger partial charge in [-0.3, -0.25) is 4.98 Å². The number of aromatic nitrogens is 1. The van der Waals surface area contributed by atoms with E-state index in [4.69, 9.17) is 5.73 Å². The van der Waals surface area contributed by atoms with Crippen molar-refractivity contribution in [3.05, 3.63) is 78.6 Å². The Morgan fingerprint density at radius 2 is 1.78 bits per heavy atom. The molecule has 4 heteroatoms. The number of nitrogen functional groups attached to an aromatic ring is 1. The molecule has 23 heavy (non-hydrogen) atoms. The molecule has 1 atom stereocenters. The van der Waals surface area contributed by atoms with Gasteiger partial charge in [0, 0.05) is 23.6 Å². The van der Waals surface area contributed by atoms with Gasteiger partial charge in [0.15, 0.2) is 0 Å². The van der Waals surface area contributed by atoms with Crippen LogP contribution in [0, 0.1) is 0 Å². The first-order chi connectivity index (χ1) is 11.3. The minimum atomic E-state index is -0.172. The summed E-state index contributed by atoms with van der Waals surface area (Å²) in [5.41, 5.74) is 10.4. The van der Waals surface area contributed by atoms with E-state index in [2.05, 4.69) is 10.3 Å². The van der Waals surface area contributed by atoms with Gasteiger partial charge < -0.3 is 16.2 Å². The average Bonchev–Trinajstić information content (AvgIpc) is 2.61. The van der Waals surface area contributed by atoms with Crippen molar-refractivity contribution in [2.45, 2.75) is 6.04 Å². The molecule has 4 nitrogen and oxygen atoms in total. The van der Waals surface area contributed by atoms with Gasteiger partial charge >= 0.3 is 0 Å². The number of hydrogen-bond donors (Lipinski definition) is 3. The van der Waals surface area contributed by atoms with Crippen molar-refractivity contribution >= 4 is 11.4 Å². The van der Waals surface area contributed by atoms with Crippen LogP contribution in [-0.2, 0) is 0 Å². The van der Waals surface area contributed by atoms with Crippen LogP contribution in [0.2, 0.25) is 0 Å². The molecule has 0 amide bonds. The molecule has 1 aromatic heterocycles. The molecule has 0 unspecified atom stereocenters. The predicted molar refractivity (Wildman–Crippen MR) is 94.0 cm³/mol. The molecule has 0 aliphatic rings. The summed E-state index contributed by atoms with van der Waals surface area (Å²) in [6.07, 6.45) is 3.55. The first kappa shape index (κ1) is 15.1. The van der Waals surface area contributed by atoms with Gasteiger partial charge in [-0.25, -0.2) is 0 Å². The molecular formula is C19H19N3O. The Bertz CT molecular complexity index is 774. The standard InChI is InChI=1S/C19H19N3O/c20-17-8-4-7-15(9-17)16-10-18(12-21-11-16)22-19(13-23)14-5-2-1-3-6-14/h1-12,19,22-23H,13,20H2/t19-/m0/s1. The summed E-state index contributed by atoms with van der Waals surface area (Å²) in [5, 5.41) is 13.0. The highest BCUT2D eigenvalue weighted by Gasteiger charge is 2.10. The largest absolute Gasteiger partial charge is 0.399 e. The molecule has 0 bridgehead atoms. The number of nitrogens with two attached hydrogens (primary N) is 1. The molecule has 3 rings (SSSR count). The van der Waals surface area contributed by atoms with E-state index in [0.29, 0.717) is 0 Å². The van der Waals surface area contributed by atoms with Crippen molar-refractivity contribution in [2.75, 3.05) is 17.7 Å². The van der Waals surface area contributed by atoms with E-state index in [-0.39, 0.29) is 12.6 Å². The Morgan fingerprint density at radius 3 is 2.52 bits per heavy atom. The van der Waals surface area contributed by atoms with Crippen molar-refractivity contribution in [1.29, 1.82) is 0 Å². The maximum Gasteiger partial charge on any atom is 0.0745 e. The average molecular weight is 305 g/mol. The molecule has 0 saturated heterocycles. The molecule has 3 aromatic rings. The number of rotatable bonds is 5. The lowest BCUT2D eigenvalue weighted by atomic mass is 10.1. The third-order valence-corrected chi connectivity index (χ3v) is 3.68. The molecule has 0 aliphatic carbocycles. The van der Waals surface area contributed by atoms with E-state index < -0.39 is 0 Å². The van der Waals surface area contributed by atoms with Crippen LogP contribution in [0.4, 0.5) is 11.4 Å². The van der Waals surface area contributed by atoms with E-state index in [9.17, 15) is 5.11 Å². The van der Waals surface area contributed by atoms with E-state index in [1.54, 1.807) is 12.4 Å². The van der Waals surface area contributed by atoms with Gasteiger partial charge in [-0.1, -0.05) is 42.5 Å². The number of anilines is 2. The van der Waals surface area contributed by atoms with E-state index in [1.165, 1.54) is 0 Å². The van der Waals surface area contributed by atoms with Gasteiger partial charge in [-0.2, -0.15) is 0 Å². The molecule has 2 aromatic carbocycles. The van der Waals surface area contributed by atoms with Gasteiger partial charge in [0.05, 0.1) is 18.3 Å². The lowest BCUT2D eigenvalue weighted by Crippen LogP contribution is -2.14. The van der Waals surface area contributed by atoms with Crippen molar-refractivity contribution in [1.82, 2.24) is 4.98 Å². The number of nitrogens with one attached hydrogen (secondary N) is 1. The second kappa shape index (κ2) is 6.94. The molecule has 1 heterocycles. The fourth-order valence-electron chi connectivity index (χ4n) is 2.52. The number of aliphatic hydroxyl groups excluding tert-OH is 1. The number of pyridine rings is 1. The van der Waals surface area contributed by atoms with Crippen LogP contribution in [0.1, 0.15) is 11.6 Å². The van der Waals surface area contributed by atoms with Crippen molar-refractivity contribution < 1.29 is 5.11 Å². The molecule has 0 fully saturated rings. The molecule has 0 radical (unpaired) electrons. The van der Waals surface area contributed by atoms with Crippen LogP contribution in [0.5, 0.6) is 0 Å². The number of hydrogen-bond acceptors (Lipinski definition) is 4. The number of nitrogens with zero attached hydrogens (tertiary/aromatic N) is 1. The summed E-state index contributed by atoms with van der Waals surface area (Å²) in [6, 6.07) is 19.4. The summed E-state index contributed by atoms with van der Waals surface area (Å²) in [7, 11) is 0. The Hall–Kier alpha value is -2.85. The van der Waals surface area contributed by atoms with Crippen molar-refractivity contribution in [2.24, 2.45) is 0 Å². The first-order valence-electron chi connectivity index (χ1n) is 7.49. The van der Waals surface area contributed by atoms with Gasteiger partial charge in [-0.15, -0.1) is 0 Å². The number of aliphatic hydroxyl groups is 1. The second-order valence-electron chi connectivity index (χ2n) is 5.38. The van der Waals surface area contributed by atoms with Crippen molar-refractivity contribution in [3.8, 4) is 11.1 Å². The molecular weight excluding hydrogens is 286 g/mol. The van der Waals surface area contributed by atoms with Crippen LogP contribution in [0.15, 0.2) is 73.1 Å². The number of benzene rings is 2. The minimum absolute atomic E-state index is 0.00647. The van der Waals surface area contributed by atoms with E-state index in [0.717, 1.165) is 28.1 Å². The molecule has 0 saturated carbocycles. The molecule has 0 aliphatic heterocycles. The minimum Gasteiger partial charge on any atom is -0.399 e. The Labute approximate surface area is 135 Å². The van der Waals surface area contributed by atoms with Crippen molar-refractivity contribution in [3.63, 3.8) is 0 Å². The summed E-state index contributed by atoms with van der Waals surface area (Å²) in [6.45, 7) is 0.00647. The third kappa shape index (κ3) is 3.67. The summed E-state index contributed by atoms with van der Waals surface area (Å²) >= 11 is 0. The summed E-state index contributed by atoms with van der Waals surface area (Å²) < 4.78 is 0. The van der Waals surface area contributed by atoms with E-state index >= 15 is 0 Å². The van der Waals surface area contributed by atoms with Crippen LogP contribution in [0.3, 0.4) is 0 Å². The normalized spacial score (nSPS) is 11.9. The zero-order valence-electron chi connectivity index (χ0n) is 12.7. The van der Waals surface area contributed by atoms with Crippen LogP contribution in [-0.4, -0.2) is 16.7 Å². The first-order valence-corrected chi connectivity index (χ1v) is 7.49. The maximum atomic E-state index is 9.66. The van der Waals surface area contributed by atoms with Gasteiger partial charge in [-0.05, 0) is 29.3 Å². The highest BCUT2D eigenvalue weighted by atomic mass is 16.3. The lowest BCUT2D eigenvalue weighted by Gasteiger charge is -2.18. The van der Waals surface area contributed by atoms with E-state index in [1.807, 2.05) is 60.7 Å².